The zero-order valence-electron chi connectivity index (χ0n) is 16.4. The van der Waals surface area contributed by atoms with E-state index in [1.165, 1.54) is 28.6 Å². The lowest BCUT2D eigenvalue weighted by molar-refractivity contribution is 0.477. The van der Waals surface area contributed by atoms with E-state index in [2.05, 4.69) is 4.72 Å². The van der Waals surface area contributed by atoms with Gasteiger partial charge in [0, 0.05) is 19.1 Å². The molecule has 2 aromatic rings. The van der Waals surface area contributed by atoms with E-state index in [-0.39, 0.29) is 15.8 Å². The highest BCUT2D eigenvalue weighted by Gasteiger charge is 2.35. The third kappa shape index (κ3) is 4.40. The van der Waals surface area contributed by atoms with Crippen LogP contribution in [-0.4, -0.2) is 34.2 Å². The summed E-state index contributed by atoms with van der Waals surface area (Å²) in [5.41, 5.74) is 2.08. The first-order chi connectivity index (χ1) is 13.8. The monoisotopic (exact) mass is 434 g/mol. The van der Waals surface area contributed by atoms with Crippen LogP contribution in [0.2, 0.25) is 0 Å². The van der Waals surface area contributed by atoms with Crippen LogP contribution in [0.3, 0.4) is 0 Å². The van der Waals surface area contributed by atoms with E-state index in [0.717, 1.165) is 36.8 Å². The lowest BCUT2D eigenvalue weighted by atomic mass is 10.0. The molecule has 2 aliphatic rings. The minimum atomic E-state index is -3.76. The summed E-state index contributed by atoms with van der Waals surface area (Å²) < 4.78 is 55.5. The van der Waals surface area contributed by atoms with Gasteiger partial charge in [0.25, 0.3) is 0 Å². The molecule has 1 aliphatic carbocycles. The zero-order chi connectivity index (χ0) is 20.6. The Morgan fingerprint density at radius 2 is 1.41 bits per heavy atom. The fraction of sp³-hybridized carbons (Fsp3) is 0.429. The molecule has 0 bridgehead atoms. The van der Waals surface area contributed by atoms with Crippen LogP contribution in [0.5, 0.6) is 0 Å². The van der Waals surface area contributed by atoms with Gasteiger partial charge < -0.3 is 0 Å². The van der Waals surface area contributed by atoms with Gasteiger partial charge in [-0.2, -0.15) is 4.31 Å². The van der Waals surface area contributed by atoms with Crippen molar-refractivity contribution in [2.24, 2.45) is 5.92 Å². The Kier molecular flexibility index (Phi) is 5.54. The van der Waals surface area contributed by atoms with Crippen LogP contribution >= 0.6 is 0 Å². The van der Waals surface area contributed by atoms with Crippen molar-refractivity contribution >= 4 is 20.0 Å². The van der Waals surface area contributed by atoms with Crippen molar-refractivity contribution < 1.29 is 16.8 Å². The van der Waals surface area contributed by atoms with Crippen LogP contribution in [0.4, 0.5) is 0 Å². The second kappa shape index (κ2) is 7.83. The average Bonchev–Trinajstić information content (AvgIpc) is 3.39. The smallest absolute Gasteiger partial charge is 0.207 e. The molecule has 2 fully saturated rings. The first-order valence-electron chi connectivity index (χ1n) is 9.96. The largest absolute Gasteiger partial charge is 0.243 e. The normalized spacial score (nSPS) is 19.3. The van der Waals surface area contributed by atoms with Crippen LogP contribution in [0.15, 0.2) is 58.3 Å². The van der Waals surface area contributed by atoms with Gasteiger partial charge in [0.2, 0.25) is 20.0 Å². The van der Waals surface area contributed by atoms with Crippen molar-refractivity contribution in [1.82, 2.24) is 9.03 Å². The highest BCUT2D eigenvalue weighted by atomic mass is 32.2. The SMILES string of the molecule is Cc1ccc(C(NS(=O)(=O)c2ccc(S(=O)(=O)N3CCCC3)cc2)C2CC2)cc1. The molecule has 1 saturated carbocycles. The van der Waals surface area contributed by atoms with Gasteiger partial charge in [0.1, 0.15) is 0 Å². The van der Waals surface area contributed by atoms with Crippen LogP contribution in [0, 0.1) is 12.8 Å². The molecule has 0 aromatic heterocycles. The Labute approximate surface area is 173 Å². The molecule has 1 aliphatic heterocycles. The van der Waals surface area contributed by atoms with E-state index < -0.39 is 20.0 Å². The number of hydrogen-bond donors (Lipinski definition) is 1. The summed E-state index contributed by atoms with van der Waals surface area (Å²) in [6.45, 7) is 3.03. The van der Waals surface area contributed by atoms with Crippen LogP contribution in [-0.2, 0) is 20.0 Å². The number of benzene rings is 2. The fourth-order valence-electron chi connectivity index (χ4n) is 3.74. The maximum absolute atomic E-state index is 13.0. The summed E-state index contributed by atoms with van der Waals surface area (Å²) in [6.07, 6.45) is 3.70. The molecule has 6 nitrogen and oxygen atoms in total. The van der Waals surface area contributed by atoms with Gasteiger partial charge in [0.05, 0.1) is 9.79 Å². The molecular formula is C21H26N2O4S2. The second-order valence-corrected chi connectivity index (χ2v) is 11.6. The molecular weight excluding hydrogens is 408 g/mol. The van der Waals surface area contributed by atoms with Crippen LogP contribution < -0.4 is 4.72 Å². The lowest BCUT2D eigenvalue weighted by Gasteiger charge is -2.19. The molecule has 29 heavy (non-hydrogen) atoms. The van der Waals surface area contributed by atoms with Crippen molar-refractivity contribution in [3.63, 3.8) is 0 Å². The van der Waals surface area contributed by atoms with Crippen molar-refractivity contribution in [3.05, 3.63) is 59.7 Å². The molecule has 2 aromatic carbocycles. The van der Waals surface area contributed by atoms with Gasteiger partial charge in [-0.1, -0.05) is 29.8 Å². The lowest BCUT2D eigenvalue weighted by Crippen LogP contribution is -2.30. The quantitative estimate of drug-likeness (QED) is 0.725. The first-order valence-corrected chi connectivity index (χ1v) is 12.9. The molecule has 8 heteroatoms. The summed E-state index contributed by atoms with van der Waals surface area (Å²) >= 11 is 0. The van der Waals surface area contributed by atoms with Crippen LogP contribution in [0.25, 0.3) is 0 Å². The number of hydrogen-bond acceptors (Lipinski definition) is 4. The van der Waals surface area contributed by atoms with E-state index in [9.17, 15) is 16.8 Å². The predicted molar refractivity (Wildman–Crippen MR) is 111 cm³/mol. The maximum atomic E-state index is 13.0. The Morgan fingerprint density at radius 1 is 0.862 bits per heavy atom. The van der Waals surface area contributed by atoms with Gasteiger partial charge >= 0.3 is 0 Å². The van der Waals surface area contributed by atoms with Crippen molar-refractivity contribution in [2.75, 3.05) is 13.1 Å². The molecule has 1 saturated heterocycles. The summed E-state index contributed by atoms with van der Waals surface area (Å²) in [4.78, 5) is 0.214. The molecule has 1 unspecified atom stereocenters. The topological polar surface area (TPSA) is 83.5 Å². The molecule has 0 radical (unpaired) electrons. The standard InChI is InChI=1S/C21H26N2O4S2/c1-16-4-6-17(7-5-16)21(18-8-9-18)22-28(24,25)19-10-12-20(13-11-19)29(26,27)23-14-2-3-15-23/h4-7,10-13,18,21-22H,2-3,8-9,14-15H2,1H3. The van der Waals surface area contributed by atoms with Crippen molar-refractivity contribution in [3.8, 4) is 0 Å². The fourth-order valence-corrected chi connectivity index (χ4v) is 6.55. The van der Waals surface area contributed by atoms with E-state index in [1.54, 1.807) is 0 Å². The number of rotatable bonds is 7. The molecule has 1 heterocycles. The predicted octanol–water partition coefficient (Wildman–Crippen LogP) is 3.21. The average molecular weight is 435 g/mol. The Bertz CT molecular complexity index is 1070. The minimum Gasteiger partial charge on any atom is -0.207 e. The zero-order valence-corrected chi connectivity index (χ0v) is 18.0. The number of aryl methyl sites for hydroxylation is 1. The third-order valence-electron chi connectivity index (χ3n) is 5.65. The summed E-state index contributed by atoms with van der Waals surface area (Å²) in [6, 6.07) is 13.2. The van der Waals surface area contributed by atoms with Gasteiger partial charge in [-0.05, 0) is 68.4 Å². The third-order valence-corrected chi connectivity index (χ3v) is 9.02. The highest BCUT2D eigenvalue weighted by Crippen LogP contribution is 2.41. The maximum Gasteiger partial charge on any atom is 0.243 e. The molecule has 1 N–H and O–H groups in total. The second-order valence-electron chi connectivity index (χ2n) is 7.93. The number of sulfonamides is 2. The van der Waals surface area contributed by atoms with Gasteiger partial charge in [-0.15, -0.1) is 0 Å². The van der Waals surface area contributed by atoms with Gasteiger partial charge in [0.15, 0.2) is 0 Å². The summed E-state index contributed by atoms with van der Waals surface area (Å²) in [7, 11) is -7.32. The van der Waals surface area contributed by atoms with E-state index in [4.69, 9.17) is 0 Å². The summed E-state index contributed by atoms with van der Waals surface area (Å²) in [5.74, 6) is 0.294. The Morgan fingerprint density at radius 3 is 1.97 bits per heavy atom. The van der Waals surface area contributed by atoms with E-state index >= 15 is 0 Å². The van der Waals surface area contributed by atoms with Gasteiger partial charge in [-0.25, -0.2) is 21.6 Å². The molecule has 0 amide bonds. The number of nitrogens with one attached hydrogen (secondary N) is 1. The number of nitrogens with zero attached hydrogens (tertiary/aromatic N) is 1. The minimum absolute atomic E-state index is 0.0793. The summed E-state index contributed by atoms with van der Waals surface area (Å²) in [5, 5.41) is 0. The Balaban J connectivity index is 1.56. The van der Waals surface area contributed by atoms with Crippen molar-refractivity contribution in [2.45, 2.75) is 48.4 Å². The van der Waals surface area contributed by atoms with Gasteiger partial charge in [-0.3, -0.25) is 0 Å². The molecule has 0 spiro atoms. The molecule has 1 atom stereocenters. The molecule has 4 rings (SSSR count). The van der Waals surface area contributed by atoms with Crippen molar-refractivity contribution in [1.29, 1.82) is 0 Å². The Hall–Kier alpha value is -1.74. The molecule has 156 valence electrons. The first kappa shape index (κ1) is 20.5. The highest BCUT2D eigenvalue weighted by molar-refractivity contribution is 7.89. The van der Waals surface area contributed by atoms with E-state index in [0.29, 0.717) is 19.0 Å². The van der Waals surface area contributed by atoms with Crippen LogP contribution in [0.1, 0.15) is 42.9 Å². The van der Waals surface area contributed by atoms with E-state index in [1.807, 2.05) is 31.2 Å².